The SMILES string of the molecule is C=C(CCCC)N1CCN(C)CC1. The van der Waals surface area contributed by atoms with Crippen LogP contribution in [-0.2, 0) is 0 Å². The van der Waals surface area contributed by atoms with Gasteiger partial charge in [-0.25, -0.2) is 0 Å². The molecule has 0 aromatic carbocycles. The third kappa shape index (κ3) is 3.39. The second kappa shape index (κ2) is 5.28. The standard InChI is InChI=1S/C11H22N2/c1-4-5-6-11(2)13-9-7-12(3)8-10-13/h2,4-10H2,1,3H3. The molecule has 0 spiro atoms. The summed E-state index contributed by atoms with van der Waals surface area (Å²) in [6, 6.07) is 0. The Morgan fingerprint density at radius 2 is 1.85 bits per heavy atom. The summed E-state index contributed by atoms with van der Waals surface area (Å²) in [4.78, 5) is 4.82. The lowest BCUT2D eigenvalue weighted by Gasteiger charge is -2.35. The van der Waals surface area contributed by atoms with Gasteiger partial charge in [-0.15, -0.1) is 0 Å². The largest absolute Gasteiger partial charge is 0.373 e. The van der Waals surface area contributed by atoms with Crippen molar-refractivity contribution in [2.75, 3.05) is 33.2 Å². The van der Waals surface area contributed by atoms with Crippen molar-refractivity contribution >= 4 is 0 Å². The van der Waals surface area contributed by atoms with Crippen LogP contribution in [0.4, 0.5) is 0 Å². The number of piperazine rings is 1. The van der Waals surface area contributed by atoms with Gasteiger partial charge in [0.2, 0.25) is 0 Å². The van der Waals surface area contributed by atoms with E-state index in [0.29, 0.717) is 0 Å². The normalized spacial score (nSPS) is 19.1. The summed E-state index contributed by atoms with van der Waals surface area (Å²) in [6.07, 6.45) is 3.73. The lowest BCUT2D eigenvalue weighted by Crippen LogP contribution is -2.43. The van der Waals surface area contributed by atoms with Crippen LogP contribution in [0.5, 0.6) is 0 Å². The van der Waals surface area contributed by atoms with Crippen LogP contribution >= 0.6 is 0 Å². The van der Waals surface area contributed by atoms with Crippen LogP contribution in [0.15, 0.2) is 12.3 Å². The number of allylic oxidation sites excluding steroid dienone is 1. The molecule has 0 saturated carbocycles. The summed E-state index contributed by atoms with van der Waals surface area (Å²) < 4.78 is 0. The van der Waals surface area contributed by atoms with E-state index in [9.17, 15) is 0 Å². The van der Waals surface area contributed by atoms with Crippen molar-refractivity contribution in [1.82, 2.24) is 9.80 Å². The first-order valence-electron chi connectivity index (χ1n) is 5.35. The molecule has 2 heteroatoms. The van der Waals surface area contributed by atoms with E-state index >= 15 is 0 Å². The second-order valence-corrected chi connectivity index (χ2v) is 3.96. The molecule has 0 aromatic heterocycles. The van der Waals surface area contributed by atoms with Crippen LogP contribution in [0.2, 0.25) is 0 Å². The Kier molecular flexibility index (Phi) is 4.29. The fourth-order valence-corrected chi connectivity index (χ4v) is 1.66. The molecule has 1 heterocycles. The van der Waals surface area contributed by atoms with Crippen molar-refractivity contribution in [2.45, 2.75) is 26.2 Å². The Morgan fingerprint density at radius 1 is 1.23 bits per heavy atom. The molecular weight excluding hydrogens is 160 g/mol. The zero-order valence-corrected chi connectivity index (χ0v) is 9.05. The van der Waals surface area contributed by atoms with Gasteiger partial charge < -0.3 is 9.80 Å². The van der Waals surface area contributed by atoms with Gasteiger partial charge in [-0.3, -0.25) is 0 Å². The predicted molar refractivity (Wildman–Crippen MR) is 57.7 cm³/mol. The van der Waals surface area contributed by atoms with Crippen LogP contribution in [0.25, 0.3) is 0 Å². The molecule has 1 saturated heterocycles. The first kappa shape index (κ1) is 10.6. The summed E-state index contributed by atoms with van der Waals surface area (Å²) in [5.74, 6) is 0. The fraction of sp³-hybridized carbons (Fsp3) is 0.818. The van der Waals surface area contributed by atoms with Crippen LogP contribution in [0.1, 0.15) is 26.2 Å². The maximum atomic E-state index is 4.15. The first-order valence-corrected chi connectivity index (χ1v) is 5.35. The maximum absolute atomic E-state index is 4.15. The van der Waals surface area contributed by atoms with Crippen LogP contribution in [0, 0.1) is 0 Å². The average Bonchev–Trinajstić information content (AvgIpc) is 2.15. The molecule has 0 aliphatic carbocycles. The van der Waals surface area contributed by atoms with Crippen molar-refractivity contribution < 1.29 is 0 Å². The maximum Gasteiger partial charge on any atom is 0.0303 e. The molecule has 1 aliphatic rings. The molecule has 76 valence electrons. The number of hydrogen-bond acceptors (Lipinski definition) is 2. The number of likely N-dealkylation sites (N-methyl/N-ethyl adjacent to an activating group) is 1. The van der Waals surface area contributed by atoms with E-state index in [1.807, 2.05) is 0 Å². The highest BCUT2D eigenvalue weighted by atomic mass is 15.2. The molecule has 0 N–H and O–H groups in total. The zero-order chi connectivity index (χ0) is 9.68. The van der Waals surface area contributed by atoms with Gasteiger partial charge in [-0.05, 0) is 19.9 Å². The van der Waals surface area contributed by atoms with Gasteiger partial charge in [0, 0.05) is 31.9 Å². The van der Waals surface area contributed by atoms with Gasteiger partial charge in [0.05, 0.1) is 0 Å². The highest BCUT2D eigenvalue weighted by Gasteiger charge is 2.13. The van der Waals surface area contributed by atoms with E-state index in [0.717, 1.165) is 0 Å². The highest BCUT2D eigenvalue weighted by molar-refractivity contribution is 4.95. The Balaban J connectivity index is 2.23. The molecule has 0 bridgehead atoms. The minimum Gasteiger partial charge on any atom is -0.373 e. The number of hydrogen-bond donors (Lipinski definition) is 0. The summed E-state index contributed by atoms with van der Waals surface area (Å²) in [7, 11) is 2.19. The van der Waals surface area contributed by atoms with Crippen molar-refractivity contribution in [3.8, 4) is 0 Å². The summed E-state index contributed by atoms with van der Waals surface area (Å²) >= 11 is 0. The Morgan fingerprint density at radius 3 is 2.38 bits per heavy atom. The summed E-state index contributed by atoms with van der Waals surface area (Å²) in [5, 5.41) is 0. The molecule has 1 aliphatic heterocycles. The minimum atomic E-state index is 1.17. The molecular formula is C11H22N2. The number of rotatable bonds is 4. The minimum absolute atomic E-state index is 1.17. The van der Waals surface area contributed by atoms with Gasteiger partial charge in [0.1, 0.15) is 0 Å². The van der Waals surface area contributed by atoms with E-state index in [1.165, 1.54) is 51.1 Å². The topological polar surface area (TPSA) is 6.48 Å². The molecule has 1 rings (SSSR count). The van der Waals surface area contributed by atoms with Crippen LogP contribution in [0.3, 0.4) is 0 Å². The van der Waals surface area contributed by atoms with Gasteiger partial charge >= 0.3 is 0 Å². The van der Waals surface area contributed by atoms with Gasteiger partial charge in [-0.2, -0.15) is 0 Å². The molecule has 0 atom stereocenters. The molecule has 1 fully saturated rings. The van der Waals surface area contributed by atoms with Gasteiger partial charge in [0.25, 0.3) is 0 Å². The fourth-order valence-electron chi connectivity index (χ4n) is 1.66. The van der Waals surface area contributed by atoms with E-state index in [4.69, 9.17) is 0 Å². The molecule has 2 nitrogen and oxygen atoms in total. The van der Waals surface area contributed by atoms with E-state index < -0.39 is 0 Å². The number of nitrogens with zero attached hydrogens (tertiary/aromatic N) is 2. The van der Waals surface area contributed by atoms with Crippen molar-refractivity contribution in [3.05, 3.63) is 12.3 Å². The molecule has 0 radical (unpaired) electrons. The molecule has 0 unspecified atom stereocenters. The molecule has 13 heavy (non-hydrogen) atoms. The second-order valence-electron chi connectivity index (χ2n) is 3.96. The predicted octanol–water partition coefficient (Wildman–Crippen LogP) is 1.94. The quantitative estimate of drug-likeness (QED) is 0.655. The van der Waals surface area contributed by atoms with E-state index in [1.54, 1.807) is 0 Å². The van der Waals surface area contributed by atoms with Crippen molar-refractivity contribution in [3.63, 3.8) is 0 Å². The molecule has 0 amide bonds. The third-order valence-corrected chi connectivity index (χ3v) is 2.77. The third-order valence-electron chi connectivity index (χ3n) is 2.77. The lowest BCUT2D eigenvalue weighted by molar-refractivity contribution is 0.182. The molecule has 0 aromatic rings. The first-order chi connectivity index (χ1) is 6.24. The average molecular weight is 182 g/mol. The van der Waals surface area contributed by atoms with Crippen LogP contribution in [-0.4, -0.2) is 43.0 Å². The Bertz CT molecular complexity index is 157. The zero-order valence-electron chi connectivity index (χ0n) is 9.05. The Hall–Kier alpha value is -0.500. The smallest absolute Gasteiger partial charge is 0.0303 e. The summed E-state index contributed by atoms with van der Waals surface area (Å²) in [5.41, 5.74) is 1.34. The van der Waals surface area contributed by atoms with Gasteiger partial charge in [-0.1, -0.05) is 19.9 Å². The lowest BCUT2D eigenvalue weighted by atomic mass is 10.2. The van der Waals surface area contributed by atoms with E-state index in [-0.39, 0.29) is 0 Å². The van der Waals surface area contributed by atoms with Gasteiger partial charge in [0.15, 0.2) is 0 Å². The monoisotopic (exact) mass is 182 g/mol. The Labute approximate surface area is 82.2 Å². The van der Waals surface area contributed by atoms with Crippen LogP contribution < -0.4 is 0 Å². The van der Waals surface area contributed by atoms with Crippen molar-refractivity contribution in [2.24, 2.45) is 0 Å². The highest BCUT2D eigenvalue weighted by Crippen LogP contribution is 2.12. The number of unbranched alkanes of at least 4 members (excludes halogenated alkanes) is 1. The van der Waals surface area contributed by atoms with Crippen molar-refractivity contribution in [1.29, 1.82) is 0 Å². The summed E-state index contributed by atoms with van der Waals surface area (Å²) in [6.45, 7) is 11.1. The van der Waals surface area contributed by atoms with E-state index in [2.05, 4.69) is 30.4 Å².